The standard InChI is InChI=1S/C14H15NO2.H2/c1-10-7-13(16)12(14(17)8-10)9-15-11-5-3-2-4-6-11;/h2-6,9-10,16H,7-8H2,1H3;1H. The van der Waals surface area contributed by atoms with E-state index in [1.54, 1.807) is 0 Å². The lowest BCUT2D eigenvalue weighted by atomic mass is 9.89. The van der Waals surface area contributed by atoms with Gasteiger partial charge in [0, 0.05) is 20.5 Å². The molecule has 3 heteroatoms. The quantitative estimate of drug-likeness (QED) is 0.792. The van der Waals surface area contributed by atoms with Crippen LogP contribution in [0.1, 0.15) is 21.2 Å². The summed E-state index contributed by atoms with van der Waals surface area (Å²) in [6, 6.07) is 9.37. The molecule has 0 fully saturated rings. The number of carbonyl (C=O) groups excluding carboxylic acids is 1. The summed E-state index contributed by atoms with van der Waals surface area (Å²) in [5, 5.41) is 9.76. The Balaban J connectivity index is 0.00000162. The van der Waals surface area contributed by atoms with Crippen LogP contribution in [0.5, 0.6) is 0 Å². The maximum Gasteiger partial charge on any atom is 0.168 e. The van der Waals surface area contributed by atoms with Crippen LogP contribution in [0.3, 0.4) is 0 Å². The van der Waals surface area contributed by atoms with E-state index >= 15 is 0 Å². The molecule has 1 N–H and O–H groups in total. The zero-order valence-corrected chi connectivity index (χ0v) is 9.76. The molecule has 17 heavy (non-hydrogen) atoms. The van der Waals surface area contributed by atoms with Crippen molar-refractivity contribution in [2.24, 2.45) is 10.9 Å². The minimum Gasteiger partial charge on any atom is -0.511 e. The van der Waals surface area contributed by atoms with E-state index in [4.69, 9.17) is 0 Å². The van der Waals surface area contributed by atoms with Gasteiger partial charge in [-0.15, -0.1) is 0 Å². The number of nitrogens with zero attached hydrogens (tertiary/aromatic N) is 1. The summed E-state index contributed by atoms with van der Waals surface area (Å²) in [6.45, 7) is 1.96. The molecule has 0 spiro atoms. The Morgan fingerprint density at radius 1 is 1.35 bits per heavy atom. The van der Waals surface area contributed by atoms with E-state index in [0.29, 0.717) is 18.4 Å². The molecule has 0 saturated carbocycles. The van der Waals surface area contributed by atoms with E-state index in [0.717, 1.165) is 5.69 Å². The van der Waals surface area contributed by atoms with Crippen molar-refractivity contribution in [2.45, 2.75) is 19.8 Å². The highest BCUT2D eigenvalue weighted by Crippen LogP contribution is 2.24. The Hall–Kier alpha value is -1.90. The number of hydrogen-bond donors (Lipinski definition) is 1. The van der Waals surface area contributed by atoms with Crippen molar-refractivity contribution in [1.82, 2.24) is 0 Å². The topological polar surface area (TPSA) is 49.7 Å². The number of aliphatic hydroxyl groups is 1. The highest BCUT2D eigenvalue weighted by molar-refractivity contribution is 6.14. The summed E-state index contributed by atoms with van der Waals surface area (Å²) >= 11 is 0. The van der Waals surface area contributed by atoms with Crippen LogP contribution in [0, 0.1) is 5.92 Å². The van der Waals surface area contributed by atoms with Gasteiger partial charge in [0.05, 0.1) is 11.3 Å². The van der Waals surface area contributed by atoms with Gasteiger partial charge in [0.25, 0.3) is 0 Å². The van der Waals surface area contributed by atoms with Crippen molar-refractivity contribution in [3.8, 4) is 0 Å². The average Bonchev–Trinajstić information content (AvgIpc) is 2.29. The van der Waals surface area contributed by atoms with Gasteiger partial charge in [-0.1, -0.05) is 25.1 Å². The fraction of sp³-hybridized carbons (Fsp3) is 0.286. The molecule has 90 valence electrons. The summed E-state index contributed by atoms with van der Waals surface area (Å²) in [7, 11) is 0. The summed E-state index contributed by atoms with van der Waals surface area (Å²) in [5.74, 6) is 0.353. The van der Waals surface area contributed by atoms with Gasteiger partial charge in [-0.05, 0) is 18.1 Å². The number of allylic oxidation sites excluding steroid dienone is 2. The molecule has 0 bridgehead atoms. The molecule has 0 saturated heterocycles. The van der Waals surface area contributed by atoms with Crippen LogP contribution in [-0.2, 0) is 4.79 Å². The second-order valence-corrected chi connectivity index (χ2v) is 4.39. The van der Waals surface area contributed by atoms with Gasteiger partial charge in [0.2, 0.25) is 0 Å². The molecule has 0 amide bonds. The first-order valence-electron chi connectivity index (χ1n) is 5.71. The van der Waals surface area contributed by atoms with Gasteiger partial charge in [-0.25, -0.2) is 0 Å². The van der Waals surface area contributed by atoms with Crippen molar-refractivity contribution < 1.29 is 11.3 Å². The lowest BCUT2D eigenvalue weighted by Crippen LogP contribution is -2.18. The Bertz CT molecular complexity index is 480. The first-order valence-corrected chi connectivity index (χ1v) is 5.71. The van der Waals surface area contributed by atoms with E-state index in [-0.39, 0.29) is 18.9 Å². The van der Waals surface area contributed by atoms with Crippen LogP contribution in [0.15, 0.2) is 46.7 Å². The molecule has 0 radical (unpaired) electrons. The number of ketones is 1. The number of Topliss-reactive ketones (excluding diaryl/α,β-unsaturated/α-hetero) is 1. The number of rotatable bonds is 2. The number of carbonyl (C=O) groups is 1. The number of hydrogen-bond acceptors (Lipinski definition) is 3. The Morgan fingerprint density at radius 3 is 2.71 bits per heavy atom. The minimum atomic E-state index is -0.0269. The fourth-order valence-corrected chi connectivity index (χ4v) is 1.90. The van der Waals surface area contributed by atoms with Crippen molar-refractivity contribution >= 4 is 17.7 Å². The van der Waals surface area contributed by atoms with Gasteiger partial charge < -0.3 is 5.11 Å². The molecule has 0 aliphatic heterocycles. The third-order valence-electron chi connectivity index (χ3n) is 2.79. The molecule has 1 aliphatic carbocycles. The molecule has 1 aromatic rings. The molecular weight excluding hydrogens is 214 g/mol. The number of para-hydroxylation sites is 1. The normalized spacial score (nSPS) is 21.2. The van der Waals surface area contributed by atoms with E-state index in [2.05, 4.69) is 4.99 Å². The van der Waals surface area contributed by atoms with Crippen LogP contribution in [0.2, 0.25) is 0 Å². The smallest absolute Gasteiger partial charge is 0.168 e. The second kappa shape index (κ2) is 4.95. The fourth-order valence-electron chi connectivity index (χ4n) is 1.90. The van der Waals surface area contributed by atoms with Crippen molar-refractivity contribution in [3.63, 3.8) is 0 Å². The molecule has 1 unspecified atom stereocenters. The van der Waals surface area contributed by atoms with Gasteiger partial charge in [0.1, 0.15) is 5.76 Å². The van der Waals surface area contributed by atoms with Gasteiger partial charge in [0.15, 0.2) is 5.78 Å². The lowest BCUT2D eigenvalue weighted by Gasteiger charge is -2.17. The summed E-state index contributed by atoms with van der Waals surface area (Å²) in [4.78, 5) is 15.9. The first kappa shape index (κ1) is 11.6. The Kier molecular flexibility index (Phi) is 3.38. The Labute approximate surface area is 102 Å². The third kappa shape index (κ3) is 2.81. The van der Waals surface area contributed by atoms with E-state index < -0.39 is 0 Å². The predicted octanol–water partition coefficient (Wildman–Crippen LogP) is 3.45. The van der Waals surface area contributed by atoms with Crippen molar-refractivity contribution in [3.05, 3.63) is 41.7 Å². The molecule has 1 aliphatic rings. The van der Waals surface area contributed by atoms with Crippen LogP contribution in [0.25, 0.3) is 0 Å². The monoisotopic (exact) mass is 231 g/mol. The van der Waals surface area contributed by atoms with Crippen LogP contribution in [-0.4, -0.2) is 17.1 Å². The van der Waals surface area contributed by atoms with E-state index in [9.17, 15) is 9.90 Å². The number of aliphatic imine (C=N–C) groups is 1. The minimum absolute atomic E-state index is 0. The third-order valence-corrected chi connectivity index (χ3v) is 2.79. The molecule has 2 rings (SSSR count). The van der Waals surface area contributed by atoms with Gasteiger partial charge in [-0.2, -0.15) is 0 Å². The highest BCUT2D eigenvalue weighted by Gasteiger charge is 2.23. The number of aliphatic hydroxyl groups excluding tert-OH is 1. The molecule has 1 aromatic carbocycles. The second-order valence-electron chi connectivity index (χ2n) is 4.39. The van der Waals surface area contributed by atoms with E-state index in [1.807, 2.05) is 37.3 Å². The first-order chi connectivity index (χ1) is 8.16. The maximum absolute atomic E-state index is 11.7. The lowest BCUT2D eigenvalue weighted by molar-refractivity contribution is -0.116. The number of benzene rings is 1. The zero-order chi connectivity index (χ0) is 12.3. The molecular formula is C14H17NO2. The molecule has 0 heterocycles. The Morgan fingerprint density at radius 2 is 2.06 bits per heavy atom. The van der Waals surface area contributed by atoms with Gasteiger partial charge in [-0.3, -0.25) is 9.79 Å². The largest absolute Gasteiger partial charge is 0.511 e. The maximum atomic E-state index is 11.7. The molecule has 0 aromatic heterocycles. The van der Waals surface area contributed by atoms with Crippen LogP contribution < -0.4 is 0 Å². The SMILES string of the molecule is CC1CC(=O)C(C=Nc2ccccc2)=C(O)C1.[HH]. The van der Waals surface area contributed by atoms with Crippen molar-refractivity contribution in [2.75, 3.05) is 0 Å². The van der Waals surface area contributed by atoms with Crippen molar-refractivity contribution in [1.29, 1.82) is 0 Å². The average molecular weight is 231 g/mol. The summed E-state index contributed by atoms with van der Waals surface area (Å²) in [6.07, 6.45) is 2.51. The summed E-state index contributed by atoms with van der Waals surface area (Å²) in [5.41, 5.74) is 1.13. The molecule has 3 nitrogen and oxygen atoms in total. The van der Waals surface area contributed by atoms with Crippen LogP contribution >= 0.6 is 0 Å². The molecule has 1 atom stereocenters. The van der Waals surface area contributed by atoms with E-state index in [1.165, 1.54) is 6.21 Å². The highest BCUT2D eigenvalue weighted by atomic mass is 16.3. The zero-order valence-electron chi connectivity index (χ0n) is 9.76. The predicted molar refractivity (Wildman–Crippen MR) is 69.8 cm³/mol. The van der Waals surface area contributed by atoms with Crippen LogP contribution in [0.4, 0.5) is 5.69 Å². The van der Waals surface area contributed by atoms with Gasteiger partial charge >= 0.3 is 0 Å². The summed E-state index contributed by atoms with van der Waals surface area (Å²) < 4.78 is 0.